The zero-order valence-electron chi connectivity index (χ0n) is 26.8. The van der Waals surface area contributed by atoms with E-state index in [-0.39, 0.29) is 5.41 Å². The number of fused-ring (bicyclic) bond motifs is 14. The molecule has 0 bridgehead atoms. The highest BCUT2D eigenvalue weighted by molar-refractivity contribution is 6.12. The number of furan rings is 1. The summed E-state index contributed by atoms with van der Waals surface area (Å²) in [6.45, 7) is 4.83. The van der Waals surface area contributed by atoms with E-state index in [0.29, 0.717) is 0 Å². The second-order valence-corrected chi connectivity index (χ2v) is 14.0. The molecule has 9 aromatic rings. The highest BCUT2D eigenvalue weighted by atomic mass is 16.3. The zero-order valence-corrected chi connectivity index (χ0v) is 26.8. The van der Waals surface area contributed by atoms with E-state index < -0.39 is 5.41 Å². The molecule has 226 valence electrons. The molecule has 0 N–H and O–H groups in total. The van der Waals surface area contributed by atoms with Gasteiger partial charge in [0.1, 0.15) is 11.2 Å². The van der Waals surface area contributed by atoms with Crippen LogP contribution in [-0.2, 0) is 10.8 Å². The van der Waals surface area contributed by atoms with Gasteiger partial charge in [0.2, 0.25) is 0 Å². The highest BCUT2D eigenvalue weighted by Crippen LogP contribution is 2.61. The number of nitrogens with zero attached hydrogens (tertiary/aromatic N) is 1. The van der Waals surface area contributed by atoms with Crippen LogP contribution in [0.5, 0.6) is 0 Å². The van der Waals surface area contributed by atoms with Gasteiger partial charge in [0.05, 0.1) is 22.1 Å². The molecule has 3 heterocycles. The molecule has 2 nitrogen and oxygen atoms in total. The number of para-hydroxylation sites is 4. The van der Waals surface area contributed by atoms with Gasteiger partial charge < -0.3 is 8.98 Å². The SMILES string of the molecule is CC1(C)c2ccccc2C2(c3ccccc3-n3c4ccccc4c4cccc2c43)c2cccc(-c3ccc4oc5ccccc5c4c3)c21. The van der Waals surface area contributed by atoms with Crippen molar-refractivity contribution in [3.8, 4) is 16.8 Å². The fraction of sp³-hybridized carbons (Fsp3) is 0.0870. The maximum Gasteiger partial charge on any atom is 0.135 e. The van der Waals surface area contributed by atoms with Gasteiger partial charge in [0.15, 0.2) is 0 Å². The Balaban J connectivity index is 1.33. The molecule has 11 rings (SSSR count). The molecule has 0 saturated heterocycles. The summed E-state index contributed by atoms with van der Waals surface area (Å²) in [5, 5.41) is 4.90. The second-order valence-electron chi connectivity index (χ2n) is 14.0. The first-order chi connectivity index (χ1) is 23.6. The number of hydrogen-bond donors (Lipinski definition) is 0. The lowest BCUT2D eigenvalue weighted by Crippen LogP contribution is -2.44. The van der Waals surface area contributed by atoms with Crippen LogP contribution in [0.1, 0.15) is 47.2 Å². The average molecular weight is 614 g/mol. The summed E-state index contributed by atoms with van der Waals surface area (Å²) in [5.74, 6) is 0. The Morgan fingerprint density at radius 1 is 0.479 bits per heavy atom. The van der Waals surface area contributed by atoms with Crippen LogP contribution >= 0.6 is 0 Å². The van der Waals surface area contributed by atoms with Crippen molar-refractivity contribution in [3.05, 3.63) is 185 Å². The van der Waals surface area contributed by atoms with E-state index >= 15 is 0 Å². The Labute approximate surface area is 278 Å². The van der Waals surface area contributed by atoms with Crippen LogP contribution < -0.4 is 0 Å². The summed E-state index contributed by atoms with van der Waals surface area (Å²) in [7, 11) is 0. The van der Waals surface area contributed by atoms with Gasteiger partial charge in [-0.3, -0.25) is 0 Å². The maximum absolute atomic E-state index is 6.26. The van der Waals surface area contributed by atoms with Crippen LogP contribution in [0.4, 0.5) is 0 Å². The van der Waals surface area contributed by atoms with Crippen molar-refractivity contribution in [1.29, 1.82) is 0 Å². The molecule has 48 heavy (non-hydrogen) atoms. The van der Waals surface area contributed by atoms with E-state index in [9.17, 15) is 0 Å². The van der Waals surface area contributed by atoms with Crippen LogP contribution in [0.3, 0.4) is 0 Å². The minimum Gasteiger partial charge on any atom is -0.456 e. The molecule has 2 aromatic heterocycles. The summed E-state index contributed by atoms with van der Waals surface area (Å²) in [5.41, 5.74) is 15.5. The van der Waals surface area contributed by atoms with Crippen LogP contribution in [0.2, 0.25) is 0 Å². The van der Waals surface area contributed by atoms with Crippen molar-refractivity contribution >= 4 is 43.7 Å². The van der Waals surface area contributed by atoms with Crippen LogP contribution in [0.25, 0.3) is 60.6 Å². The number of rotatable bonds is 1. The zero-order chi connectivity index (χ0) is 31.8. The van der Waals surface area contributed by atoms with E-state index in [0.717, 1.165) is 21.9 Å². The van der Waals surface area contributed by atoms with Gasteiger partial charge >= 0.3 is 0 Å². The van der Waals surface area contributed by atoms with Crippen molar-refractivity contribution < 1.29 is 4.42 Å². The highest BCUT2D eigenvalue weighted by Gasteiger charge is 2.53. The van der Waals surface area contributed by atoms with Crippen molar-refractivity contribution in [1.82, 2.24) is 4.57 Å². The summed E-state index contributed by atoms with van der Waals surface area (Å²) >= 11 is 0. The topological polar surface area (TPSA) is 18.1 Å². The first kappa shape index (κ1) is 26.2. The molecule has 1 aliphatic heterocycles. The Bertz CT molecular complexity index is 2830. The molecular formula is C46H31NO. The summed E-state index contributed by atoms with van der Waals surface area (Å²) < 4.78 is 8.78. The van der Waals surface area contributed by atoms with Crippen molar-refractivity contribution in [2.75, 3.05) is 0 Å². The van der Waals surface area contributed by atoms with Gasteiger partial charge in [-0.2, -0.15) is 0 Å². The van der Waals surface area contributed by atoms with Gasteiger partial charge in [-0.25, -0.2) is 0 Å². The van der Waals surface area contributed by atoms with Crippen LogP contribution in [-0.4, -0.2) is 4.57 Å². The Morgan fingerprint density at radius 3 is 2.02 bits per heavy atom. The fourth-order valence-corrected chi connectivity index (χ4v) is 9.59. The lowest BCUT2D eigenvalue weighted by molar-refractivity contribution is 0.558. The van der Waals surface area contributed by atoms with E-state index in [4.69, 9.17) is 4.42 Å². The molecule has 0 amide bonds. The van der Waals surface area contributed by atoms with Gasteiger partial charge in [-0.05, 0) is 74.8 Å². The monoisotopic (exact) mass is 613 g/mol. The third kappa shape index (κ3) is 3.00. The van der Waals surface area contributed by atoms with Gasteiger partial charge in [-0.15, -0.1) is 0 Å². The third-order valence-corrected chi connectivity index (χ3v) is 11.4. The Hall–Kier alpha value is -5.86. The average Bonchev–Trinajstić information content (AvgIpc) is 3.68. The molecule has 1 atom stereocenters. The van der Waals surface area contributed by atoms with E-state index in [2.05, 4.69) is 164 Å². The third-order valence-electron chi connectivity index (χ3n) is 11.4. The largest absolute Gasteiger partial charge is 0.456 e. The van der Waals surface area contributed by atoms with Crippen molar-refractivity contribution in [2.24, 2.45) is 0 Å². The van der Waals surface area contributed by atoms with Crippen molar-refractivity contribution in [2.45, 2.75) is 24.7 Å². The quantitative estimate of drug-likeness (QED) is 0.180. The molecule has 1 aliphatic carbocycles. The molecule has 2 aliphatic rings. The lowest BCUT2D eigenvalue weighted by atomic mass is 9.52. The molecule has 2 heteroatoms. The van der Waals surface area contributed by atoms with Gasteiger partial charge in [0.25, 0.3) is 0 Å². The first-order valence-corrected chi connectivity index (χ1v) is 16.9. The van der Waals surface area contributed by atoms with Gasteiger partial charge in [0, 0.05) is 27.0 Å². The fourth-order valence-electron chi connectivity index (χ4n) is 9.59. The Kier molecular flexibility index (Phi) is 4.88. The second kappa shape index (κ2) is 8.93. The lowest BCUT2D eigenvalue weighted by Gasteiger charge is -2.50. The molecule has 1 unspecified atom stereocenters. The molecule has 0 saturated carbocycles. The van der Waals surface area contributed by atoms with E-state index in [1.54, 1.807) is 0 Å². The van der Waals surface area contributed by atoms with Crippen LogP contribution in [0, 0.1) is 0 Å². The number of hydrogen-bond acceptors (Lipinski definition) is 1. The molecular weight excluding hydrogens is 583 g/mol. The first-order valence-electron chi connectivity index (χ1n) is 16.9. The van der Waals surface area contributed by atoms with Gasteiger partial charge in [-0.1, -0.05) is 135 Å². The number of aromatic nitrogens is 1. The maximum atomic E-state index is 6.26. The molecule has 7 aromatic carbocycles. The van der Waals surface area contributed by atoms with Crippen LogP contribution in [0.15, 0.2) is 156 Å². The Morgan fingerprint density at radius 2 is 1.12 bits per heavy atom. The van der Waals surface area contributed by atoms with E-state index in [1.165, 1.54) is 72.0 Å². The normalized spacial score (nSPS) is 17.2. The summed E-state index contributed by atoms with van der Waals surface area (Å²) in [6.07, 6.45) is 0. The van der Waals surface area contributed by atoms with Crippen molar-refractivity contribution in [3.63, 3.8) is 0 Å². The standard InChI is InChI=1S/C46H31NO/c1-45(2)34-17-5-6-18-35(34)46(36-19-7-9-23-40(36)47-39-22-8-3-13-30(39)32-16-12-21-38(46)44(32)47)37-20-11-15-29(43(37)45)28-25-26-42-33(27-28)31-14-4-10-24-41(31)48-42/h3-27H,1-2H3. The minimum atomic E-state index is -0.510. The molecule has 1 spiro atoms. The smallest absolute Gasteiger partial charge is 0.135 e. The molecule has 0 radical (unpaired) electrons. The minimum absolute atomic E-state index is 0.256. The number of benzene rings is 7. The summed E-state index contributed by atoms with van der Waals surface area (Å²) in [6, 6.07) is 56.3. The predicted octanol–water partition coefficient (Wildman–Crippen LogP) is 11.7. The molecule has 0 fully saturated rings. The van der Waals surface area contributed by atoms with E-state index in [1.807, 2.05) is 6.07 Å². The summed E-state index contributed by atoms with van der Waals surface area (Å²) in [4.78, 5) is 0. The predicted molar refractivity (Wildman–Crippen MR) is 197 cm³/mol.